The lowest BCUT2D eigenvalue weighted by Gasteiger charge is -2.36. The van der Waals surface area contributed by atoms with Gasteiger partial charge in [0.25, 0.3) is 0 Å². The minimum atomic E-state index is -0.179. The molecule has 0 aliphatic carbocycles. The summed E-state index contributed by atoms with van der Waals surface area (Å²) in [5.41, 5.74) is 1.32. The molecule has 3 rings (SSSR count). The van der Waals surface area contributed by atoms with E-state index in [1.807, 2.05) is 0 Å². The molecule has 2 aliphatic rings. The number of ether oxygens (including phenoxy) is 1. The first kappa shape index (κ1) is 15.2. The SMILES string of the molecule is CN1CC(CCCN2CCN(c3ccccc3)CC2)OC1=O. The maximum atomic E-state index is 11.3. The van der Waals surface area contributed by atoms with E-state index in [2.05, 4.69) is 40.1 Å². The molecule has 22 heavy (non-hydrogen) atoms. The molecule has 0 bridgehead atoms. The number of cyclic esters (lactones) is 1. The molecule has 120 valence electrons. The third-order valence-electron chi connectivity index (χ3n) is 4.55. The molecular formula is C17H25N3O2. The Labute approximate surface area is 132 Å². The van der Waals surface area contributed by atoms with Gasteiger partial charge < -0.3 is 14.5 Å². The number of anilines is 1. The van der Waals surface area contributed by atoms with Crippen LogP contribution in [0.25, 0.3) is 0 Å². The lowest BCUT2D eigenvalue weighted by Crippen LogP contribution is -2.46. The van der Waals surface area contributed by atoms with Crippen molar-refractivity contribution in [3.8, 4) is 0 Å². The van der Waals surface area contributed by atoms with Crippen LogP contribution in [-0.4, -0.2) is 68.3 Å². The summed E-state index contributed by atoms with van der Waals surface area (Å²) in [6.45, 7) is 6.23. The zero-order valence-electron chi connectivity index (χ0n) is 13.3. The summed E-state index contributed by atoms with van der Waals surface area (Å²) in [6.07, 6.45) is 1.97. The number of piperazine rings is 1. The highest BCUT2D eigenvalue weighted by Crippen LogP contribution is 2.17. The topological polar surface area (TPSA) is 36.0 Å². The van der Waals surface area contributed by atoms with Gasteiger partial charge in [0, 0.05) is 38.9 Å². The number of hydrogen-bond donors (Lipinski definition) is 0. The average molecular weight is 303 g/mol. The van der Waals surface area contributed by atoms with Crippen LogP contribution in [0.1, 0.15) is 12.8 Å². The highest BCUT2D eigenvalue weighted by atomic mass is 16.6. The van der Waals surface area contributed by atoms with Gasteiger partial charge in [0.1, 0.15) is 6.10 Å². The third-order valence-corrected chi connectivity index (χ3v) is 4.55. The van der Waals surface area contributed by atoms with E-state index in [0.717, 1.165) is 52.1 Å². The number of carbonyl (C=O) groups excluding carboxylic acids is 1. The fourth-order valence-electron chi connectivity index (χ4n) is 3.21. The van der Waals surface area contributed by atoms with Crippen molar-refractivity contribution in [3.63, 3.8) is 0 Å². The molecule has 5 heteroatoms. The quantitative estimate of drug-likeness (QED) is 0.834. The van der Waals surface area contributed by atoms with Gasteiger partial charge in [-0.05, 0) is 31.5 Å². The maximum absolute atomic E-state index is 11.3. The Kier molecular flexibility index (Phi) is 4.83. The van der Waals surface area contributed by atoms with E-state index in [4.69, 9.17) is 4.74 Å². The molecule has 0 spiro atoms. The van der Waals surface area contributed by atoms with Crippen LogP contribution in [0.15, 0.2) is 30.3 Å². The Morgan fingerprint density at radius 3 is 2.50 bits per heavy atom. The summed E-state index contributed by atoms with van der Waals surface area (Å²) in [6, 6.07) is 10.6. The lowest BCUT2D eigenvalue weighted by molar-refractivity contribution is 0.126. The number of amides is 1. The zero-order valence-corrected chi connectivity index (χ0v) is 13.3. The number of carbonyl (C=O) groups is 1. The molecule has 1 aromatic carbocycles. The second-order valence-electron chi connectivity index (χ2n) is 6.19. The Morgan fingerprint density at radius 2 is 1.86 bits per heavy atom. The van der Waals surface area contributed by atoms with Gasteiger partial charge in [-0.2, -0.15) is 0 Å². The molecule has 5 nitrogen and oxygen atoms in total. The van der Waals surface area contributed by atoms with Crippen molar-refractivity contribution in [1.29, 1.82) is 0 Å². The largest absolute Gasteiger partial charge is 0.444 e. The van der Waals surface area contributed by atoms with Gasteiger partial charge in [-0.3, -0.25) is 4.90 Å². The van der Waals surface area contributed by atoms with Gasteiger partial charge in [0.2, 0.25) is 0 Å². The molecule has 2 aliphatic heterocycles. The minimum Gasteiger partial charge on any atom is -0.444 e. The van der Waals surface area contributed by atoms with Crippen molar-refractivity contribution in [2.75, 3.05) is 51.2 Å². The monoisotopic (exact) mass is 303 g/mol. The molecular weight excluding hydrogens is 278 g/mol. The first-order valence-corrected chi connectivity index (χ1v) is 8.16. The summed E-state index contributed by atoms with van der Waals surface area (Å²) in [5.74, 6) is 0. The van der Waals surface area contributed by atoms with Gasteiger partial charge in [0.05, 0.1) is 6.54 Å². The Hall–Kier alpha value is -1.75. The predicted octanol–water partition coefficient (Wildman–Crippen LogP) is 2.04. The molecule has 0 N–H and O–H groups in total. The van der Waals surface area contributed by atoms with Gasteiger partial charge >= 0.3 is 6.09 Å². The standard InChI is InChI=1S/C17H25N3O2/c1-18-14-16(22-17(18)21)8-5-9-19-10-12-20(13-11-19)15-6-3-2-4-7-15/h2-4,6-7,16H,5,8-14H2,1H3. The fraction of sp³-hybridized carbons (Fsp3) is 0.588. The molecule has 1 unspecified atom stereocenters. The Bertz CT molecular complexity index is 486. The summed E-state index contributed by atoms with van der Waals surface area (Å²) in [5, 5.41) is 0. The van der Waals surface area contributed by atoms with Crippen LogP contribution >= 0.6 is 0 Å². The lowest BCUT2D eigenvalue weighted by atomic mass is 10.1. The molecule has 2 fully saturated rings. The fourth-order valence-corrected chi connectivity index (χ4v) is 3.21. The summed E-state index contributed by atoms with van der Waals surface area (Å²) >= 11 is 0. The first-order valence-electron chi connectivity index (χ1n) is 8.16. The predicted molar refractivity (Wildman–Crippen MR) is 87.2 cm³/mol. The summed E-state index contributed by atoms with van der Waals surface area (Å²) < 4.78 is 5.30. The summed E-state index contributed by atoms with van der Waals surface area (Å²) in [7, 11) is 1.80. The smallest absolute Gasteiger partial charge is 0.409 e. The number of hydrogen-bond acceptors (Lipinski definition) is 4. The van der Waals surface area contributed by atoms with E-state index in [9.17, 15) is 4.79 Å². The Balaban J connectivity index is 1.35. The molecule has 0 radical (unpaired) electrons. The molecule has 1 atom stereocenters. The van der Waals surface area contributed by atoms with E-state index >= 15 is 0 Å². The van der Waals surface area contributed by atoms with Crippen molar-refractivity contribution in [3.05, 3.63) is 30.3 Å². The van der Waals surface area contributed by atoms with Crippen LogP contribution in [-0.2, 0) is 4.74 Å². The Morgan fingerprint density at radius 1 is 1.14 bits per heavy atom. The number of likely N-dealkylation sites (N-methyl/N-ethyl adjacent to an activating group) is 1. The first-order chi connectivity index (χ1) is 10.7. The minimum absolute atomic E-state index is 0.0862. The summed E-state index contributed by atoms with van der Waals surface area (Å²) in [4.78, 5) is 17.9. The second kappa shape index (κ2) is 7.01. The van der Waals surface area contributed by atoms with E-state index in [1.165, 1.54) is 5.69 Å². The van der Waals surface area contributed by atoms with Gasteiger partial charge in [-0.15, -0.1) is 0 Å². The van der Waals surface area contributed by atoms with Crippen LogP contribution in [0, 0.1) is 0 Å². The number of benzene rings is 1. The van der Waals surface area contributed by atoms with E-state index in [-0.39, 0.29) is 12.2 Å². The molecule has 2 heterocycles. The van der Waals surface area contributed by atoms with Crippen LogP contribution in [0.5, 0.6) is 0 Å². The van der Waals surface area contributed by atoms with Crippen LogP contribution in [0.4, 0.5) is 10.5 Å². The van der Waals surface area contributed by atoms with E-state index in [1.54, 1.807) is 11.9 Å². The van der Waals surface area contributed by atoms with Crippen molar-refractivity contribution >= 4 is 11.8 Å². The van der Waals surface area contributed by atoms with Crippen molar-refractivity contribution in [1.82, 2.24) is 9.80 Å². The number of nitrogens with zero attached hydrogens (tertiary/aromatic N) is 3. The molecule has 1 aromatic rings. The van der Waals surface area contributed by atoms with E-state index in [0.29, 0.717) is 0 Å². The van der Waals surface area contributed by atoms with Crippen LogP contribution < -0.4 is 4.90 Å². The third kappa shape index (κ3) is 3.71. The van der Waals surface area contributed by atoms with E-state index < -0.39 is 0 Å². The average Bonchev–Trinajstić information content (AvgIpc) is 2.87. The maximum Gasteiger partial charge on any atom is 0.409 e. The number of para-hydroxylation sites is 1. The van der Waals surface area contributed by atoms with Crippen molar-refractivity contribution in [2.45, 2.75) is 18.9 Å². The number of rotatable bonds is 5. The molecule has 0 saturated carbocycles. The van der Waals surface area contributed by atoms with Crippen LogP contribution in [0.2, 0.25) is 0 Å². The highest BCUT2D eigenvalue weighted by Gasteiger charge is 2.27. The van der Waals surface area contributed by atoms with Crippen molar-refractivity contribution in [2.24, 2.45) is 0 Å². The van der Waals surface area contributed by atoms with Gasteiger partial charge in [-0.25, -0.2) is 4.79 Å². The van der Waals surface area contributed by atoms with Gasteiger partial charge in [0.15, 0.2) is 0 Å². The van der Waals surface area contributed by atoms with Crippen molar-refractivity contribution < 1.29 is 9.53 Å². The molecule has 1 amide bonds. The highest BCUT2D eigenvalue weighted by molar-refractivity contribution is 5.69. The van der Waals surface area contributed by atoms with Crippen LogP contribution in [0.3, 0.4) is 0 Å². The molecule has 0 aromatic heterocycles. The molecule has 2 saturated heterocycles. The second-order valence-corrected chi connectivity index (χ2v) is 6.19. The normalized spacial score (nSPS) is 23.0. The van der Waals surface area contributed by atoms with Gasteiger partial charge in [-0.1, -0.05) is 18.2 Å². The zero-order chi connectivity index (χ0) is 15.4.